The van der Waals surface area contributed by atoms with E-state index >= 15 is 0 Å². The fourth-order valence-corrected chi connectivity index (χ4v) is 0.752. The van der Waals surface area contributed by atoms with Crippen molar-refractivity contribution in [1.82, 2.24) is 11.1 Å². The number of rotatable bonds is 3. The van der Waals surface area contributed by atoms with Gasteiger partial charge in [-0.05, 0) is 20.0 Å². The highest BCUT2D eigenvalue weighted by atomic mass is 16.3. The summed E-state index contributed by atoms with van der Waals surface area (Å²) in [7, 11) is 0. The van der Waals surface area contributed by atoms with Gasteiger partial charge < -0.3 is 11.3 Å². The van der Waals surface area contributed by atoms with Crippen molar-refractivity contribution in [2.24, 2.45) is 0 Å². The molecule has 4 N–H and O–H groups in total. The Kier molecular flexibility index (Phi) is 7.77. The van der Waals surface area contributed by atoms with Gasteiger partial charge in [0.2, 0.25) is 0 Å². The second-order valence-electron chi connectivity index (χ2n) is 1.85. The molecule has 0 rings (SSSR count). The van der Waals surface area contributed by atoms with Gasteiger partial charge in [0, 0.05) is 0 Å². The van der Waals surface area contributed by atoms with Crippen molar-refractivity contribution in [3.8, 4) is 0 Å². The minimum Gasteiger partial charge on any atom is -0.379 e. The van der Waals surface area contributed by atoms with Crippen LogP contribution in [0, 0.1) is 0 Å². The smallest absolute Gasteiger partial charge is 0.104 e. The highest BCUT2D eigenvalue weighted by Gasteiger charge is 2.02. The van der Waals surface area contributed by atoms with Crippen LogP contribution in [-0.4, -0.2) is 29.3 Å². The van der Waals surface area contributed by atoms with E-state index in [1.54, 1.807) is 6.92 Å². The molecule has 0 spiro atoms. The maximum absolute atomic E-state index is 8.94. The molecule has 0 heterocycles. The van der Waals surface area contributed by atoms with Crippen LogP contribution in [0.25, 0.3) is 0 Å². The molecule has 0 saturated carbocycles. The zero-order valence-corrected chi connectivity index (χ0v) is 6.59. The monoisotopic (exact) mass is 134 g/mol. The molecule has 1 unspecified atom stereocenters. The fraction of sp³-hybridized carbons (Fsp3) is 1.00. The van der Waals surface area contributed by atoms with Crippen molar-refractivity contribution in [2.45, 2.75) is 27.0 Å². The summed E-state index contributed by atoms with van der Waals surface area (Å²) in [4.78, 5) is 1.97. The van der Waals surface area contributed by atoms with Crippen LogP contribution in [-0.2, 0) is 0 Å². The minimum atomic E-state index is -0.287. The first-order valence-corrected chi connectivity index (χ1v) is 3.14. The molecule has 0 fully saturated rings. The molecule has 3 heteroatoms. The summed E-state index contributed by atoms with van der Waals surface area (Å²) in [6.45, 7) is 7.71. The van der Waals surface area contributed by atoms with Crippen molar-refractivity contribution >= 4 is 0 Å². The van der Waals surface area contributed by atoms with Crippen LogP contribution >= 0.6 is 0 Å². The van der Waals surface area contributed by atoms with E-state index in [2.05, 4.69) is 0 Å². The molecule has 0 aliphatic heterocycles. The predicted molar refractivity (Wildman–Crippen MR) is 39.6 cm³/mol. The molecule has 3 nitrogen and oxygen atoms in total. The van der Waals surface area contributed by atoms with Crippen LogP contribution < -0.4 is 6.15 Å². The van der Waals surface area contributed by atoms with Gasteiger partial charge >= 0.3 is 0 Å². The molecular weight excluding hydrogens is 116 g/mol. The predicted octanol–water partition coefficient (Wildman–Crippen LogP) is 0.828. The van der Waals surface area contributed by atoms with E-state index in [1.165, 1.54) is 0 Å². The Morgan fingerprint density at radius 2 is 1.67 bits per heavy atom. The number of hydrogen-bond acceptors (Lipinski definition) is 3. The molecule has 0 amide bonds. The van der Waals surface area contributed by atoms with Gasteiger partial charge in [-0.15, -0.1) is 0 Å². The summed E-state index contributed by atoms with van der Waals surface area (Å²) >= 11 is 0. The van der Waals surface area contributed by atoms with Gasteiger partial charge in [-0.25, -0.2) is 0 Å². The molecule has 0 aromatic heterocycles. The topological polar surface area (TPSA) is 58.5 Å². The van der Waals surface area contributed by atoms with Gasteiger partial charge in [-0.2, -0.15) is 0 Å². The largest absolute Gasteiger partial charge is 0.379 e. The van der Waals surface area contributed by atoms with E-state index in [-0.39, 0.29) is 12.4 Å². The molecule has 58 valence electrons. The van der Waals surface area contributed by atoms with Gasteiger partial charge in [0.25, 0.3) is 0 Å². The molecule has 0 aromatic rings. The first-order chi connectivity index (χ1) is 3.72. The summed E-state index contributed by atoms with van der Waals surface area (Å²) in [5, 5.41) is 8.94. The van der Waals surface area contributed by atoms with Gasteiger partial charge in [0.05, 0.1) is 0 Å². The van der Waals surface area contributed by atoms with Crippen LogP contribution in [0.3, 0.4) is 0 Å². The molecule has 0 aromatic carbocycles. The Hall–Kier alpha value is -0.120. The lowest BCUT2D eigenvalue weighted by atomic mass is 10.5. The third-order valence-corrected chi connectivity index (χ3v) is 1.34. The molecule has 0 bridgehead atoms. The van der Waals surface area contributed by atoms with E-state index in [0.29, 0.717) is 0 Å². The first-order valence-electron chi connectivity index (χ1n) is 3.14. The van der Waals surface area contributed by atoms with E-state index in [4.69, 9.17) is 5.11 Å². The average Bonchev–Trinajstić information content (AvgIpc) is 1.69. The highest BCUT2D eigenvalue weighted by molar-refractivity contribution is 4.49. The zero-order chi connectivity index (χ0) is 6.57. The van der Waals surface area contributed by atoms with Crippen molar-refractivity contribution < 1.29 is 5.11 Å². The number of aliphatic hydroxyl groups is 1. The zero-order valence-electron chi connectivity index (χ0n) is 6.59. The van der Waals surface area contributed by atoms with Crippen LogP contribution in [0.2, 0.25) is 0 Å². The Morgan fingerprint density at radius 3 is 1.67 bits per heavy atom. The lowest BCUT2D eigenvalue weighted by molar-refractivity contribution is 0.0265. The summed E-state index contributed by atoms with van der Waals surface area (Å²) < 4.78 is 0. The molecule has 9 heavy (non-hydrogen) atoms. The SMILES string of the molecule is CCN(CC)C(C)O.N. The second kappa shape index (κ2) is 6.01. The molecule has 0 radical (unpaired) electrons. The Bertz CT molecular complexity index is 53.0. The normalized spacial score (nSPS) is 13.0. The number of aliphatic hydroxyl groups excluding tert-OH is 1. The first kappa shape index (κ1) is 11.6. The summed E-state index contributed by atoms with van der Waals surface area (Å²) in [5.41, 5.74) is 0. The third-order valence-electron chi connectivity index (χ3n) is 1.34. The summed E-state index contributed by atoms with van der Waals surface area (Å²) in [6, 6.07) is 0. The van der Waals surface area contributed by atoms with Crippen LogP contribution in [0.5, 0.6) is 0 Å². The number of nitrogens with zero attached hydrogens (tertiary/aromatic N) is 1. The molecule has 1 atom stereocenters. The Morgan fingerprint density at radius 1 is 1.33 bits per heavy atom. The lowest BCUT2D eigenvalue weighted by Gasteiger charge is -2.20. The van der Waals surface area contributed by atoms with Crippen molar-refractivity contribution in [3.63, 3.8) is 0 Å². The quantitative estimate of drug-likeness (QED) is 0.562. The van der Waals surface area contributed by atoms with E-state index in [0.717, 1.165) is 13.1 Å². The lowest BCUT2D eigenvalue weighted by Crippen LogP contribution is -2.32. The number of hydrogen-bond donors (Lipinski definition) is 2. The van der Waals surface area contributed by atoms with E-state index in [9.17, 15) is 0 Å². The second-order valence-corrected chi connectivity index (χ2v) is 1.85. The van der Waals surface area contributed by atoms with E-state index < -0.39 is 0 Å². The van der Waals surface area contributed by atoms with E-state index in [1.807, 2.05) is 18.7 Å². The fourth-order valence-electron chi connectivity index (χ4n) is 0.752. The molecule has 0 aliphatic carbocycles. The van der Waals surface area contributed by atoms with Crippen LogP contribution in [0.1, 0.15) is 20.8 Å². The van der Waals surface area contributed by atoms with Gasteiger partial charge in [-0.3, -0.25) is 4.90 Å². The Labute approximate surface area is 57.3 Å². The highest BCUT2D eigenvalue weighted by Crippen LogP contribution is 1.91. The van der Waals surface area contributed by atoms with Crippen LogP contribution in [0.4, 0.5) is 0 Å². The van der Waals surface area contributed by atoms with Crippen molar-refractivity contribution in [3.05, 3.63) is 0 Å². The molecular formula is C6H18N2O. The van der Waals surface area contributed by atoms with Gasteiger partial charge in [-0.1, -0.05) is 13.8 Å². The summed E-state index contributed by atoms with van der Waals surface area (Å²) in [5.74, 6) is 0. The van der Waals surface area contributed by atoms with Crippen molar-refractivity contribution in [2.75, 3.05) is 13.1 Å². The van der Waals surface area contributed by atoms with Gasteiger partial charge in [0.1, 0.15) is 6.23 Å². The van der Waals surface area contributed by atoms with Crippen LogP contribution in [0.15, 0.2) is 0 Å². The standard InChI is InChI=1S/C6H15NO.H3N/c1-4-7(5-2)6(3)8;/h6,8H,4-5H2,1-3H3;1H3. The average molecular weight is 134 g/mol. The third kappa shape index (κ3) is 4.39. The molecule has 0 aliphatic rings. The van der Waals surface area contributed by atoms with Gasteiger partial charge in [0.15, 0.2) is 0 Å². The minimum absolute atomic E-state index is 0. The van der Waals surface area contributed by atoms with Crippen molar-refractivity contribution in [1.29, 1.82) is 0 Å². The summed E-state index contributed by atoms with van der Waals surface area (Å²) in [6.07, 6.45) is -0.287. The molecule has 0 saturated heterocycles. The maximum atomic E-state index is 8.94. The Balaban J connectivity index is 0. The maximum Gasteiger partial charge on any atom is 0.104 e.